The lowest BCUT2D eigenvalue weighted by atomic mass is 10.1. The predicted octanol–water partition coefficient (Wildman–Crippen LogP) is 1.57. The average molecular weight is 234 g/mol. The molecule has 0 radical (unpaired) electrons. The number of sulfone groups is 1. The molecule has 0 bridgehead atoms. The predicted molar refractivity (Wildman–Crippen MR) is 49.5 cm³/mol. The minimum Gasteiger partial charge on any atom is -0.295 e. The number of hydrogen-bond donors (Lipinski definition) is 0. The number of ketones is 1. The summed E-state index contributed by atoms with van der Waals surface area (Å²) in [7, 11) is -3.97. The van der Waals surface area contributed by atoms with Crippen molar-refractivity contribution >= 4 is 15.6 Å². The van der Waals surface area contributed by atoms with Crippen LogP contribution in [0.2, 0.25) is 0 Å². The Kier molecular flexibility index (Phi) is 2.90. The second-order valence-electron chi connectivity index (χ2n) is 3.10. The van der Waals surface area contributed by atoms with Gasteiger partial charge in [-0.15, -0.1) is 0 Å². The van der Waals surface area contributed by atoms with Gasteiger partial charge in [0.05, 0.1) is 0 Å². The number of benzene rings is 1. The maximum Gasteiger partial charge on any atom is 0.181 e. The van der Waals surface area contributed by atoms with Crippen molar-refractivity contribution in [3.8, 4) is 0 Å². The molecule has 1 rings (SSSR count). The van der Waals surface area contributed by atoms with Crippen LogP contribution >= 0.6 is 0 Å². The van der Waals surface area contributed by atoms with Gasteiger partial charge in [0.1, 0.15) is 16.5 Å². The van der Waals surface area contributed by atoms with E-state index in [0.29, 0.717) is 18.4 Å². The molecule has 0 N–H and O–H groups in total. The highest BCUT2D eigenvalue weighted by Gasteiger charge is 2.21. The molecule has 15 heavy (non-hydrogen) atoms. The van der Waals surface area contributed by atoms with Crippen molar-refractivity contribution in [1.82, 2.24) is 0 Å². The molecule has 0 aromatic heterocycles. The minimum absolute atomic E-state index is 0.197. The molecule has 6 heteroatoms. The van der Waals surface area contributed by atoms with Crippen LogP contribution in [0.1, 0.15) is 17.3 Å². The molecule has 0 heterocycles. The third-order valence-corrected chi connectivity index (χ3v) is 2.91. The highest BCUT2D eigenvalue weighted by atomic mass is 32.2. The normalized spacial score (nSPS) is 11.5. The summed E-state index contributed by atoms with van der Waals surface area (Å²) >= 11 is 0. The Morgan fingerprint density at radius 1 is 1.20 bits per heavy atom. The van der Waals surface area contributed by atoms with E-state index in [9.17, 15) is 22.0 Å². The molecular formula is C9H8F2O3S. The molecule has 0 unspecified atom stereocenters. The van der Waals surface area contributed by atoms with Crippen molar-refractivity contribution in [2.24, 2.45) is 0 Å². The quantitative estimate of drug-likeness (QED) is 0.730. The largest absolute Gasteiger partial charge is 0.295 e. The van der Waals surface area contributed by atoms with Crippen molar-refractivity contribution in [3.63, 3.8) is 0 Å². The fourth-order valence-corrected chi connectivity index (χ4v) is 1.94. The van der Waals surface area contributed by atoms with Crippen LogP contribution in [0.15, 0.2) is 17.0 Å². The second kappa shape index (κ2) is 3.69. The summed E-state index contributed by atoms with van der Waals surface area (Å²) in [5, 5.41) is 0. The molecule has 1 aromatic rings. The molecule has 0 atom stereocenters. The molecular weight excluding hydrogens is 226 g/mol. The van der Waals surface area contributed by atoms with Crippen LogP contribution in [0.5, 0.6) is 0 Å². The number of halogens is 2. The van der Waals surface area contributed by atoms with E-state index in [2.05, 4.69) is 0 Å². The number of carbonyl (C=O) groups excluding carboxylic acids is 1. The molecule has 0 spiro atoms. The van der Waals surface area contributed by atoms with Crippen molar-refractivity contribution in [3.05, 3.63) is 29.3 Å². The minimum atomic E-state index is -3.97. The average Bonchev–Trinajstić information content (AvgIpc) is 1.99. The topological polar surface area (TPSA) is 51.2 Å². The lowest BCUT2D eigenvalue weighted by Crippen LogP contribution is -2.06. The van der Waals surface area contributed by atoms with E-state index in [1.165, 1.54) is 0 Å². The molecule has 0 aliphatic heterocycles. The van der Waals surface area contributed by atoms with Crippen LogP contribution in [0.4, 0.5) is 8.78 Å². The first-order valence-electron chi connectivity index (χ1n) is 3.93. The van der Waals surface area contributed by atoms with Gasteiger partial charge < -0.3 is 0 Å². The Labute approximate surface area is 85.6 Å². The maximum absolute atomic E-state index is 13.2. The summed E-state index contributed by atoms with van der Waals surface area (Å²) < 4.78 is 48.4. The van der Waals surface area contributed by atoms with Crippen molar-refractivity contribution in [2.45, 2.75) is 11.8 Å². The Hall–Kier alpha value is -1.30. The van der Waals surface area contributed by atoms with Gasteiger partial charge in [0, 0.05) is 11.8 Å². The first-order chi connectivity index (χ1) is 6.73. The van der Waals surface area contributed by atoms with E-state index in [-0.39, 0.29) is 5.56 Å². The van der Waals surface area contributed by atoms with E-state index >= 15 is 0 Å². The van der Waals surface area contributed by atoms with E-state index in [4.69, 9.17) is 0 Å². The smallest absolute Gasteiger partial charge is 0.181 e. The number of carbonyl (C=O) groups is 1. The summed E-state index contributed by atoms with van der Waals surface area (Å²) in [5.74, 6) is -3.03. The van der Waals surface area contributed by atoms with Crippen LogP contribution in [-0.4, -0.2) is 20.5 Å². The fourth-order valence-electron chi connectivity index (χ4n) is 1.12. The van der Waals surface area contributed by atoms with E-state index in [1.807, 2.05) is 0 Å². The molecule has 82 valence electrons. The highest BCUT2D eigenvalue weighted by molar-refractivity contribution is 7.90. The zero-order valence-electron chi connectivity index (χ0n) is 8.04. The molecule has 0 aliphatic rings. The summed E-state index contributed by atoms with van der Waals surface area (Å²) in [5.41, 5.74) is -0.197. The van der Waals surface area contributed by atoms with Crippen LogP contribution in [-0.2, 0) is 9.84 Å². The molecule has 0 aliphatic carbocycles. The maximum atomic E-state index is 13.2. The Balaban J connectivity index is 3.55. The van der Waals surface area contributed by atoms with Gasteiger partial charge in [-0.3, -0.25) is 4.79 Å². The van der Waals surface area contributed by atoms with E-state index < -0.39 is 32.2 Å². The number of rotatable bonds is 2. The second-order valence-corrected chi connectivity index (χ2v) is 5.05. The van der Waals surface area contributed by atoms with Gasteiger partial charge in [0.15, 0.2) is 15.6 Å². The van der Waals surface area contributed by atoms with Crippen molar-refractivity contribution < 1.29 is 22.0 Å². The number of hydrogen-bond acceptors (Lipinski definition) is 3. The monoisotopic (exact) mass is 234 g/mol. The van der Waals surface area contributed by atoms with Gasteiger partial charge in [-0.05, 0) is 19.1 Å². The summed E-state index contributed by atoms with van der Waals surface area (Å²) in [4.78, 5) is 9.82. The SMILES string of the molecule is CC(=O)c1cc(F)c(S(C)(=O)=O)c(F)c1. The Morgan fingerprint density at radius 2 is 1.60 bits per heavy atom. The summed E-state index contributed by atoms with van der Waals surface area (Å²) in [6.07, 6.45) is 0.696. The number of Topliss-reactive ketones (excluding diaryl/α,β-unsaturated/α-hetero) is 1. The molecule has 0 saturated heterocycles. The van der Waals surface area contributed by atoms with Gasteiger partial charge in [-0.1, -0.05) is 0 Å². The first-order valence-corrected chi connectivity index (χ1v) is 5.82. The summed E-state index contributed by atoms with van der Waals surface area (Å²) in [6, 6.07) is 1.42. The van der Waals surface area contributed by atoms with Crippen LogP contribution < -0.4 is 0 Å². The van der Waals surface area contributed by atoms with Crippen LogP contribution in [0.25, 0.3) is 0 Å². The van der Waals surface area contributed by atoms with E-state index in [0.717, 1.165) is 6.92 Å². The highest BCUT2D eigenvalue weighted by Crippen LogP contribution is 2.20. The lowest BCUT2D eigenvalue weighted by Gasteiger charge is -2.04. The molecule has 0 amide bonds. The standard InChI is InChI=1S/C9H8F2O3S/c1-5(12)6-3-7(10)9(8(11)4-6)15(2,13)14/h3-4H,1-2H3. The van der Waals surface area contributed by atoms with Crippen LogP contribution in [0, 0.1) is 11.6 Å². The van der Waals surface area contributed by atoms with Gasteiger partial charge in [0.25, 0.3) is 0 Å². The van der Waals surface area contributed by atoms with Gasteiger partial charge in [-0.25, -0.2) is 17.2 Å². The van der Waals surface area contributed by atoms with Crippen molar-refractivity contribution in [1.29, 1.82) is 0 Å². The lowest BCUT2D eigenvalue weighted by molar-refractivity contribution is 0.101. The van der Waals surface area contributed by atoms with Gasteiger partial charge >= 0.3 is 0 Å². The van der Waals surface area contributed by atoms with Crippen LogP contribution in [0.3, 0.4) is 0 Å². The third kappa shape index (κ3) is 2.38. The van der Waals surface area contributed by atoms with Crippen molar-refractivity contribution in [2.75, 3.05) is 6.26 Å². The third-order valence-electron chi connectivity index (χ3n) is 1.78. The zero-order chi connectivity index (χ0) is 11.8. The van der Waals surface area contributed by atoms with E-state index in [1.54, 1.807) is 0 Å². The molecule has 0 fully saturated rings. The molecule has 1 aromatic carbocycles. The summed E-state index contributed by atoms with van der Waals surface area (Å²) in [6.45, 7) is 1.13. The molecule has 3 nitrogen and oxygen atoms in total. The Morgan fingerprint density at radius 3 is 1.87 bits per heavy atom. The zero-order valence-corrected chi connectivity index (χ0v) is 8.86. The molecule has 0 saturated carbocycles. The van der Waals surface area contributed by atoms with Gasteiger partial charge in [0.2, 0.25) is 0 Å². The fraction of sp³-hybridized carbons (Fsp3) is 0.222. The Bertz CT molecular complexity index is 497. The first kappa shape index (κ1) is 11.8. The van der Waals surface area contributed by atoms with Gasteiger partial charge in [-0.2, -0.15) is 0 Å².